The third-order valence-corrected chi connectivity index (χ3v) is 6.25. The number of likely N-dealkylation sites (tertiary alicyclic amines) is 1. The van der Waals surface area contributed by atoms with Gasteiger partial charge in [0.25, 0.3) is 0 Å². The molecule has 3 aliphatic rings. The Kier molecular flexibility index (Phi) is 4.40. The van der Waals surface area contributed by atoms with Crippen LogP contribution in [0.15, 0.2) is 0 Å². The number of hydrogen-bond donors (Lipinski definition) is 1. The molecule has 1 unspecified atom stereocenters. The molecule has 1 saturated carbocycles. The second kappa shape index (κ2) is 5.94. The molecule has 0 radical (unpaired) electrons. The molecule has 2 saturated heterocycles. The minimum atomic E-state index is 0.246. The van der Waals surface area contributed by atoms with Crippen LogP contribution in [-0.2, 0) is 4.74 Å². The van der Waals surface area contributed by atoms with E-state index in [0.29, 0.717) is 5.41 Å². The van der Waals surface area contributed by atoms with Crippen LogP contribution in [0.4, 0.5) is 0 Å². The number of hydrogen-bond acceptors (Lipinski definition) is 3. The topological polar surface area (TPSA) is 38.5 Å². The van der Waals surface area contributed by atoms with Gasteiger partial charge in [0.1, 0.15) is 0 Å². The lowest BCUT2D eigenvalue weighted by Crippen LogP contribution is -2.53. The van der Waals surface area contributed by atoms with Crippen molar-refractivity contribution in [1.29, 1.82) is 0 Å². The standard InChI is InChI=1S/C17H32N2O/c1-16(14-18)8-10-19(11-9-16)15-5-12-20-17(13-15)6-3-2-4-7-17/h15H,2-14,18H2,1H3. The summed E-state index contributed by atoms with van der Waals surface area (Å²) in [4.78, 5) is 2.75. The minimum absolute atomic E-state index is 0.246. The predicted molar refractivity (Wildman–Crippen MR) is 82.8 cm³/mol. The van der Waals surface area contributed by atoms with Crippen LogP contribution in [0.25, 0.3) is 0 Å². The van der Waals surface area contributed by atoms with Crippen LogP contribution in [0, 0.1) is 5.41 Å². The summed E-state index contributed by atoms with van der Waals surface area (Å²) in [7, 11) is 0. The Balaban J connectivity index is 1.58. The Labute approximate surface area is 124 Å². The molecule has 0 aromatic rings. The molecule has 1 atom stereocenters. The number of nitrogens with zero attached hydrogens (tertiary/aromatic N) is 1. The second-order valence-electron chi connectivity index (χ2n) is 7.79. The van der Waals surface area contributed by atoms with Gasteiger partial charge in [0, 0.05) is 12.6 Å². The first-order valence-electron chi connectivity index (χ1n) is 8.73. The fourth-order valence-corrected chi connectivity index (χ4v) is 4.49. The Hall–Kier alpha value is -0.120. The quantitative estimate of drug-likeness (QED) is 0.845. The molecule has 2 aliphatic heterocycles. The van der Waals surface area contributed by atoms with E-state index in [1.54, 1.807) is 0 Å². The maximum Gasteiger partial charge on any atom is 0.0697 e. The molecule has 3 fully saturated rings. The van der Waals surface area contributed by atoms with E-state index in [0.717, 1.165) is 19.2 Å². The SMILES string of the molecule is CC1(CN)CCN(C2CCOC3(CCCCC3)C2)CC1. The van der Waals surface area contributed by atoms with Gasteiger partial charge in [-0.3, -0.25) is 0 Å². The van der Waals surface area contributed by atoms with Gasteiger partial charge in [-0.05, 0) is 63.6 Å². The largest absolute Gasteiger partial charge is 0.375 e. The summed E-state index contributed by atoms with van der Waals surface area (Å²) in [5.74, 6) is 0. The molecular weight excluding hydrogens is 248 g/mol. The molecule has 116 valence electrons. The van der Waals surface area contributed by atoms with Gasteiger partial charge in [0.2, 0.25) is 0 Å². The van der Waals surface area contributed by atoms with Crippen molar-refractivity contribution in [3.8, 4) is 0 Å². The van der Waals surface area contributed by atoms with Crippen LogP contribution in [0.3, 0.4) is 0 Å². The van der Waals surface area contributed by atoms with Crippen LogP contribution < -0.4 is 5.73 Å². The summed E-state index contributed by atoms with van der Waals surface area (Å²) in [5.41, 5.74) is 6.57. The number of rotatable bonds is 2. The molecule has 0 amide bonds. The molecule has 1 aliphatic carbocycles. The zero-order chi connectivity index (χ0) is 14.1. The molecule has 20 heavy (non-hydrogen) atoms. The van der Waals surface area contributed by atoms with E-state index in [1.807, 2.05) is 0 Å². The summed E-state index contributed by atoms with van der Waals surface area (Å²) < 4.78 is 6.24. The monoisotopic (exact) mass is 280 g/mol. The molecular formula is C17H32N2O. The van der Waals surface area contributed by atoms with Gasteiger partial charge in [-0.2, -0.15) is 0 Å². The highest BCUT2D eigenvalue weighted by atomic mass is 16.5. The second-order valence-corrected chi connectivity index (χ2v) is 7.79. The van der Waals surface area contributed by atoms with Crippen molar-refractivity contribution >= 4 is 0 Å². The molecule has 0 aromatic carbocycles. The minimum Gasteiger partial charge on any atom is -0.375 e. The van der Waals surface area contributed by atoms with Crippen LogP contribution >= 0.6 is 0 Å². The van der Waals surface area contributed by atoms with E-state index in [-0.39, 0.29) is 5.60 Å². The Morgan fingerprint density at radius 1 is 1.10 bits per heavy atom. The van der Waals surface area contributed by atoms with Crippen molar-refractivity contribution in [2.75, 3.05) is 26.2 Å². The first-order chi connectivity index (χ1) is 9.65. The van der Waals surface area contributed by atoms with Gasteiger partial charge >= 0.3 is 0 Å². The highest BCUT2D eigenvalue weighted by molar-refractivity contribution is 4.95. The summed E-state index contributed by atoms with van der Waals surface area (Å²) in [6.45, 7) is 6.67. The van der Waals surface area contributed by atoms with Crippen molar-refractivity contribution in [3.63, 3.8) is 0 Å². The number of ether oxygens (including phenoxy) is 1. The fraction of sp³-hybridized carbons (Fsp3) is 1.00. The van der Waals surface area contributed by atoms with Gasteiger partial charge in [-0.1, -0.05) is 26.2 Å². The number of nitrogens with two attached hydrogens (primary N) is 1. The normalized spacial score (nSPS) is 34.2. The number of piperidine rings is 1. The maximum atomic E-state index is 6.24. The van der Waals surface area contributed by atoms with E-state index < -0.39 is 0 Å². The average Bonchev–Trinajstić information content (AvgIpc) is 2.49. The van der Waals surface area contributed by atoms with Crippen molar-refractivity contribution < 1.29 is 4.74 Å². The predicted octanol–water partition coefficient (Wildman–Crippen LogP) is 2.93. The first kappa shape index (κ1) is 14.8. The highest BCUT2D eigenvalue weighted by Crippen LogP contribution is 2.41. The highest BCUT2D eigenvalue weighted by Gasteiger charge is 2.41. The van der Waals surface area contributed by atoms with Crippen LogP contribution in [-0.4, -0.2) is 42.8 Å². The third kappa shape index (κ3) is 3.05. The summed E-state index contributed by atoms with van der Waals surface area (Å²) in [6.07, 6.45) is 11.8. The maximum absolute atomic E-state index is 6.24. The molecule has 0 aromatic heterocycles. The van der Waals surface area contributed by atoms with Crippen LogP contribution in [0.1, 0.15) is 64.7 Å². The summed E-state index contributed by atoms with van der Waals surface area (Å²) >= 11 is 0. The average molecular weight is 280 g/mol. The molecule has 0 bridgehead atoms. The van der Waals surface area contributed by atoms with Crippen LogP contribution in [0.5, 0.6) is 0 Å². The summed E-state index contributed by atoms with van der Waals surface area (Å²) in [5, 5.41) is 0. The first-order valence-corrected chi connectivity index (χ1v) is 8.73. The van der Waals surface area contributed by atoms with Gasteiger partial charge in [0.15, 0.2) is 0 Å². The van der Waals surface area contributed by atoms with E-state index in [2.05, 4.69) is 11.8 Å². The molecule has 3 nitrogen and oxygen atoms in total. The van der Waals surface area contributed by atoms with Crippen LogP contribution in [0.2, 0.25) is 0 Å². The van der Waals surface area contributed by atoms with Gasteiger partial charge in [0.05, 0.1) is 5.60 Å². The Morgan fingerprint density at radius 2 is 1.80 bits per heavy atom. The molecule has 2 N–H and O–H groups in total. The Morgan fingerprint density at radius 3 is 2.45 bits per heavy atom. The smallest absolute Gasteiger partial charge is 0.0697 e. The zero-order valence-electron chi connectivity index (χ0n) is 13.2. The van der Waals surface area contributed by atoms with E-state index in [9.17, 15) is 0 Å². The Bertz CT molecular complexity index is 311. The zero-order valence-corrected chi connectivity index (χ0v) is 13.2. The molecule has 2 heterocycles. The fourth-order valence-electron chi connectivity index (χ4n) is 4.49. The van der Waals surface area contributed by atoms with Gasteiger partial charge < -0.3 is 15.4 Å². The van der Waals surface area contributed by atoms with Gasteiger partial charge in [-0.15, -0.1) is 0 Å². The molecule has 3 rings (SSSR count). The molecule has 1 spiro atoms. The van der Waals surface area contributed by atoms with E-state index in [4.69, 9.17) is 10.5 Å². The summed E-state index contributed by atoms with van der Waals surface area (Å²) in [6, 6.07) is 0.768. The third-order valence-electron chi connectivity index (χ3n) is 6.25. The lowest BCUT2D eigenvalue weighted by molar-refractivity contribution is -0.127. The lowest BCUT2D eigenvalue weighted by atomic mass is 9.76. The lowest BCUT2D eigenvalue weighted by Gasteiger charge is -2.49. The van der Waals surface area contributed by atoms with Crippen molar-refractivity contribution in [2.45, 2.75) is 76.4 Å². The van der Waals surface area contributed by atoms with Gasteiger partial charge in [-0.25, -0.2) is 0 Å². The van der Waals surface area contributed by atoms with E-state index in [1.165, 1.54) is 70.9 Å². The van der Waals surface area contributed by atoms with E-state index >= 15 is 0 Å². The van der Waals surface area contributed by atoms with Crippen molar-refractivity contribution in [2.24, 2.45) is 11.1 Å². The molecule has 3 heteroatoms. The van der Waals surface area contributed by atoms with Crippen molar-refractivity contribution in [1.82, 2.24) is 4.90 Å². The van der Waals surface area contributed by atoms with Crippen molar-refractivity contribution in [3.05, 3.63) is 0 Å².